The summed E-state index contributed by atoms with van der Waals surface area (Å²) in [6.07, 6.45) is -0.609. The lowest BCUT2D eigenvalue weighted by molar-refractivity contribution is 0.0943. The largest absolute Gasteiger partial charge is 0.486 e. The molecule has 3 N–H and O–H groups in total. The predicted molar refractivity (Wildman–Crippen MR) is 79.4 cm³/mol. The monoisotopic (exact) mass is 371 g/mol. The Bertz CT molecular complexity index is 752. The van der Waals surface area contributed by atoms with Crippen LogP contribution in [0.5, 0.6) is 11.5 Å². The van der Waals surface area contributed by atoms with Crippen LogP contribution in [0, 0.1) is 0 Å². The number of halogens is 1. The van der Waals surface area contributed by atoms with Crippen molar-refractivity contribution in [3.63, 3.8) is 0 Å². The van der Waals surface area contributed by atoms with Crippen molar-refractivity contribution < 1.29 is 26.3 Å². The molecule has 1 heterocycles. The van der Waals surface area contributed by atoms with Gasteiger partial charge in [0.2, 0.25) is 0 Å². The molecule has 0 saturated carbocycles. The summed E-state index contributed by atoms with van der Waals surface area (Å²) in [5, 5.41) is 0.489. The van der Waals surface area contributed by atoms with Crippen molar-refractivity contribution in [3.05, 3.63) is 23.2 Å². The van der Waals surface area contributed by atoms with Crippen molar-refractivity contribution in [2.75, 3.05) is 20.2 Å². The maximum Gasteiger partial charge on any atom is 0.291 e. The number of hydrogen-bond donors (Lipinski definition) is 3. The average molecular weight is 372 g/mol. The van der Waals surface area contributed by atoms with Gasteiger partial charge in [0.15, 0.2) is 11.5 Å². The molecule has 124 valence electrons. The zero-order chi connectivity index (χ0) is 16.4. The minimum Gasteiger partial charge on any atom is -0.486 e. The molecule has 1 aliphatic heterocycles. The zero-order valence-corrected chi connectivity index (χ0v) is 13.8. The van der Waals surface area contributed by atoms with Crippen LogP contribution < -0.4 is 23.0 Å². The van der Waals surface area contributed by atoms with Crippen LogP contribution in [-0.2, 0) is 20.4 Å². The van der Waals surface area contributed by atoms with E-state index in [1.807, 2.05) is 4.72 Å². The Balaban J connectivity index is 1.95. The molecule has 0 amide bonds. The molecular formula is C10H14ClN3O6S2. The van der Waals surface area contributed by atoms with Gasteiger partial charge in [0, 0.05) is 18.1 Å². The molecule has 0 unspecified atom stereocenters. The van der Waals surface area contributed by atoms with Crippen LogP contribution in [0.25, 0.3) is 0 Å². The quantitative estimate of drug-likeness (QED) is 0.611. The Morgan fingerprint density at radius 2 is 1.95 bits per heavy atom. The van der Waals surface area contributed by atoms with Crippen LogP contribution in [0.2, 0.25) is 5.02 Å². The van der Waals surface area contributed by atoms with Gasteiger partial charge in [0.25, 0.3) is 20.4 Å². The summed E-state index contributed by atoms with van der Waals surface area (Å²) in [5.74, 6) is 0.887. The van der Waals surface area contributed by atoms with Gasteiger partial charge in [-0.3, -0.25) is 0 Å². The third kappa shape index (κ3) is 4.69. The third-order valence-electron chi connectivity index (χ3n) is 2.61. The highest BCUT2D eigenvalue weighted by Crippen LogP contribution is 2.33. The molecule has 1 aromatic carbocycles. The number of rotatable bonds is 6. The summed E-state index contributed by atoms with van der Waals surface area (Å²) < 4.78 is 61.8. The first-order valence-corrected chi connectivity index (χ1v) is 9.36. The van der Waals surface area contributed by atoms with Gasteiger partial charge < -0.3 is 9.47 Å². The SMILES string of the molecule is CNS(=O)(=O)NS(=O)(=O)NC[C@H]1COc2cc(Cl)ccc2O1. The molecule has 0 radical (unpaired) electrons. The molecular weight excluding hydrogens is 358 g/mol. The van der Waals surface area contributed by atoms with E-state index in [0.717, 1.165) is 7.05 Å². The zero-order valence-electron chi connectivity index (χ0n) is 11.4. The molecule has 1 atom stereocenters. The van der Waals surface area contributed by atoms with E-state index in [9.17, 15) is 16.8 Å². The van der Waals surface area contributed by atoms with E-state index in [1.54, 1.807) is 18.2 Å². The smallest absolute Gasteiger partial charge is 0.291 e. The highest BCUT2D eigenvalue weighted by Gasteiger charge is 2.25. The van der Waals surface area contributed by atoms with Crippen molar-refractivity contribution >= 4 is 32.0 Å². The first-order valence-electron chi connectivity index (χ1n) is 6.01. The minimum absolute atomic E-state index is 0.0919. The van der Waals surface area contributed by atoms with Gasteiger partial charge in [-0.25, -0.2) is 4.72 Å². The van der Waals surface area contributed by atoms with Gasteiger partial charge in [-0.05, 0) is 12.1 Å². The van der Waals surface area contributed by atoms with Crippen molar-refractivity contribution in [2.45, 2.75) is 6.10 Å². The summed E-state index contributed by atoms with van der Waals surface area (Å²) in [4.78, 5) is 0. The number of nitrogens with one attached hydrogen (secondary N) is 3. The third-order valence-corrected chi connectivity index (χ3v) is 5.69. The maximum atomic E-state index is 11.6. The molecule has 0 fully saturated rings. The fraction of sp³-hybridized carbons (Fsp3) is 0.400. The second kappa shape index (κ2) is 6.56. The average Bonchev–Trinajstić information content (AvgIpc) is 2.44. The molecule has 0 aliphatic carbocycles. The molecule has 0 saturated heterocycles. The fourth-order valence-electron chi connectivity index (χ4n) is 1.61. The maximum absolute atomic E-state index is 11.6. The van der Waals surface area contributed by atoms with Crippen LogP contribution in [0.1, 0.15) is 0 Å². The number of hydrogen-bond acceptors (Lipinski definition) is 6. The highest BCUT2D eigenvalue weighted by atomic mass is 35.5. The Morgan fingerprint density at radius 1 is 1.23 bits per heavy atom. The molecule has 2 rings (SSSR count). The van der Waals surface area contributed by atoms with E-state index in [0.29, 0.717) is 16.5 Å². The topological polar surface area (TPSA) is 123 Å². The van der Waals surface area contributed by atoms with E-state index in [4.69, 9.17) is 21.1 Å². The molecule has 1 aliphatic rings. The van der Waals surface area contributed by atoms with E-state index >= 15 is 0 Å². The molecule has 22 heavy (non-hydrogen) atoms. The van der Waals surface area contributed by atoms with E-state index in [-0.39, 0.29) is 13.2 Å². The van der Waals surface area contributed by atoms with Gasteiger partial charge >= 0.3 is 0 Å². The first kappa shape index (κ1) is 17.2. The van der Waals surface area contributed by atoms with Gasteiger partial charge in [-0.1, -0.05) is 15.7 Å². The Kier molecular flexibility index (Phi) is 5.14. The van der Waals surface area contributed by atoms with Gasteiger partial charge in [-0.15, -0.1) is 0 Å². The molecule has 12 heteroatoms. The van der Waals surface area contributed by atoms with Crippen LogP contribution in [0.15, 0.2) is 18.2 Å². The fourth-order valence-corrected chi connectivity index (χ4v) is 3.90. The summed E-state index contributed by atoms with van der Waals surface area (Å²) in [7, 11) is -7.28. The number of fused-ring (bicyclic) bond motifs is 1. The van der Waals surface area contributed by atoms with Crippen molar-refractivity contribution in [3.8, 4) is 11.5 Å². The number of ether oxygens (including phenoxy) is 2. The van der Waals surface area contributed by atoms with Crippen molar-refractivity contribution in [1.82, 2.24) is 13.6 Å². The second-order valence-corrected chi connectivity index (χ2v) is 8.10. The van der Waals surface area contributed by atoms with E-state index < -0.39 is 26.5 Å². The molecule has 9 nitrogen and oxygen atoms in total. The van der Waals surface area contributed by atoms with E-state index in [1.165, 1.54) is 4.13 Å². The lowest BCUT2D eigenvalue weighted by atomic mass is 10.2. The lowest BCUT2D eigenvalue weighted by Gasteiger charge is -2.26. The summed E-state index contributed by atoms with van der Waals surface area (Å²) >= 11 is 5.81. The summed E-state index contributed by atoms with van der Waals surface area (Å²) in [5.41, 5.74) is 0. The standard InChI is InChI=1S/C10H14ClN3O6S2/c1-12-21(15,16)14-22(17,18)13-5-8-6-19-10-4-7(11)2-3-9(10)20-8/h2-4,8,12-14H,5-6H2,1H3/t8-/m0/s1. The second-order valence-electron chi connectivity index (χ2n) is 4.28. The Morgan fingerprint density at radius 3 is 2.64 bits per heavy atom. The van der Waals surface area contributed by atoms with Crippen molar-refractivity contribution in [2.24, 2.45) is 0 Å². The minimum atomic E-state index is -4.24. The van der Waals surface area contributed by atoms with Gasteiger partial charge in [-0.2, -0.15) is 21.6 Å². The lowest BCUT2D eigenvalue weighted by Crippen LogP contribution is -2.48. The first-order chi connectivity index (χ1) is 10.2. The van der Waals surface area contributed by atoms with Crippen LogP contribution in [0.3, 0.4) is 0 Å². The summed E-state index contributed by atoms with van der Waals surface area (Å²) in [6, 6.07) is 4.79. The Labute approximate surface area is 133 Å². The highest BCUT2D eigenvalue weighted by molar-refractivity contribution is 8.02. The molecule has 1 aromatic rings. The van der Waals surface area contributed by atoms with Gasteiger partial charge in [0.05, 0.1) is 6.54 Å². The normalized spacial score (nSPS) is 18.2. The molecule has 0 aromatic heterocycles. The number of benzene rings is 1. The van der Waals surface area contributed by atoms with Crippen LogP contribution in [-0.4, -0.2) is 43.1 Å². The molecule has 0 spiro atoms. The van der Waals surface area contributed by atoms with Crippen LogP contribution in [0.4, 0.5) is 0 Å². The van der Waals surface area contributed by atoms with E-state index in [2.05, 4.69) is 4.72 Å². The van der Waals surface area contributed by atoms with Crippen molar-refractivity contribution in [1.29, 1.82) is 0 Å². The summed E-state index contributed by atoms with van der Waals surface area (Å²) in [6.45, 7) is -0.0781. The Hall–Kier alpha value is -1.11. The van der Waals surface area contributed by atoms with Gasteiger partial charge in [0.1, 0.15) is 12.7 Å². The predicted octanol–water partition coefficient (Wildman–Crippen LogP) is -0.632. The molecule has 0 bridgehead atoms. The van der Waals surface area contributed by atoms with Crippen LogP contribution >= 0.6 is 11.6 Å².